The van der Waals surface area contributed by atoms with Gasteiger partial charge in [-0.25, -0.2) is 8.42 Å². The molecule has 1 N–H and O–H groups in total. The Hall–Kier alpha value is -4.05. The number of aryl methyl sites for hydroxylation is 1. The number of sulfonamides is 1. The van der Waals surface area contributed by atoms with Crippen LogP contribution in [0.3, 0.4) is 0 Å². The number of unbranched alkanes of at least 4 members (excludes halogenated alkanes) is 1. The van der Waals surface area contributed by atoms with E-state index < -0.39 is 28.5 Å². The van der Waals surface area contributed by atoms with Crippen LogP contribution in [0.5, 0.6) is 11.5 Å². The molecule has 10 heteroatoms. The Morgan fingerprint density at radius 2 is 1.68 bits per heavy atom. The van der Waals surface area contributed by atoms with Crippen LogP contribution in [-0.2, 0) is 26.2 Å². The third-order valence-electron chi connectivity index (χ3n) is 6.70. The lowest BCUT2D eigenvalue weighted by Gasteiger charge is -2.32. The summed E-state index contributed by atoms with van der Waals surface area (Å²) in [5.41, 5.74) is 1.96. The Morgan fingerprint density at radius 3 is 2.32 bits per heavy atom. The molecule has 0 heterocycles. The zero-order chi connectivity index (χ0) is 30.0. The maximum Gasteiger partial charge on any atom is 0.264 e. The molecule has 0 fully saturated rings. The highest BCUT2D eigenvalue weighted by molar-refractivity contribution is 7.92. The van der Waals surface area contributed by atoms with Crippen molar-refractivity contribution in [3.05, 3.63) is 83.9 Å². The molecule has 3 aromatic carbocycles. The van der Waals surface area contributed by atoms with Gasteiger partial charge in [0.2, 0.25) is 11.8 Å². The Bertz CT molecular complexity index is 1430. The molecular formula is C31H39N3O6S. The third kappa shape index (κ3) is 8.00. The van der Waals surface area contributed by atoms with Crippen LogP contribution >= 0.6 is 0 Å². The summed E-state index contributed by atoms with van der Waals surface area (Å²) >= 11 is 0. The molecule has 0 aliphatic carbocycles. The summed E-state index contributed by atoms with van der Waals surface area (Å²) in [6.45, 7) is 5.66. The van der Waals surface area contributed by atoms with Gasteiger partial charge >= 0.3 is 0 Å². The van der Waals surface area contributed by atoms with Gasteiger partial charge in [-0.05, 0) is 50.1 Å². The Morgan fingerprint density at radius 1 is 0.951 bits per heavy atom. The minimum absolute atomic E-state index is 0.00765. The number of carbonyl (C=O) groups is 2. The number of methoxy groups -OCH3 is 2. The molecule has 0 aliphatic rings. The number of hydrogen-bond donors (Lipinski definition) is 1. The summed E-state index contributed by atoms with van der Waals surface area (Å²) in [4.78, 5) is 28.6. The number of hydrogen-bond acceptors (Lipinski definition) is 6. The highest BCUT2D eigenvalue weighted by Gasteiger charge is 2.34. The van der Waals surface area contributed by atoms with E-state index in [2.05, 4.69) is 5.32 Å². The second-order valence-electron chi connectivity index (χ2n) is 9.69. The van der Waals surface area contributed by atoms with Crippen molar-refractivity contribution in [2.75, 3.05) is 31.6 Å². The lowest BCUT2D eigenvalue weighted by atomic mass is 10.1. The van der Waals surface area contributed by atoms with Gasteiger partial charge in [-0.2, -0.15) is 0 Å². The van der Waals surface area contributed by atoms with Crippen LogP contribution in [0, 0.1) is 6.92 Å². The fourth-order valence-corrected chi connectivity index (χ4v) is 5.79. The van der Waals surface area contributed by atoms with Crippen molar-refractivity contribution in [2.24, 2.45) is 0 Å². The van der Waals surface area contributed by atoms with Crippen LogP contribution in [0.15, 0.2) is 77.7 Å². The smallest absolute Gasteiger partial charge is 0.264 e. The summed E-state index contributed by atoms with van der Waals surface area (Å²) in [6, 6.07) is 19.4. The number of anilines is 1. The molecule has 1 atom stereocenters. The first-order valence-corrected chi connectivity index (χ1v) is 15.0. The van der Waals surface area contributed by atoms with E-state index in [-0.39, 0.29) is 28.8 Å². The molecule has 9 nitrogen and oxygen atoms in total. The van der Waals surface area contributed by atoms with Crippen LogP contribution < -0.4 is 19.1 Å². The largest absolute Gasteiger partial charge is 0.497 e. The van der Waals surface area contributed by atoms with Crippen LogP contribution in [0.1, 0.15) is 37.8 Å². The van der Waals surface area contributed by atoms with E-state index >= 15 is 0 Å². The topological polar surface area (TPSA) is 105 Å². The molecule has 0 aliphatic heterocycles. The van der Waals surface area contributed by atoms with Crippen molar-refractivity contribution in [3.63, 3.8) is 0 Å². The summed E-state index contributed by atoms with van der Waals surface area (Å²) in [5.74, 6) is -0.222. The minimum Gasteiger partial charge on any atom is -0.497 e. The van der Waals surface area contributed by atoms with Crippen molar-refractivity contribution in [1.82, 2.24) is 10.2 Å². The van der Waals surface area contributed by atoms with Crippen molar-refractivity contribution >= 4 is 27.5 Å². The highest BCUT2D eigenvalue weighted by atomic mass is 32.2. The van der Waals surface area contributed by atoms with Gasteiger partial charge < -0.3 is 19.7 Å². The molecule has 2 amide bonds. The molecule has 0 bridgehead atoms. The molecule has 0 unspecified atom stereocenters. The number of nitrogens with zero attached hydrogens (tertiary/aromatic N) is 2. The summed E-state index contributed by atoms with van der Waals surface area (Å²) < 4.78 is 39.9. The van der Waals surface area contributed by atoms with Crippen LogP contribution in [0.4, 0.5) is 5.69 Å². The van der Waals surface area contributed by atoms with Crippen molar-refractivity contribution in [3.8, 4) is 11.5 Å². The lowest BCUT2D eigenvalue weighted by molar-refractivity contribution is -0.139. The molecule has 3 aromatic rings. The van der Waals surface area contributed by atoms with Crippen molar-refractivity contribution < 1.29 is 27.5 Å². The third-order valence-corrected chi connectivity index (χ3v) is 8.47. The lowest BCUT2D eigenvalue weighted by Crippen LogP contribution is -2.51. The van der Waals surface area contributed by atoms with Crippen molar-refractivity contribution in [2.45, 2.75) is 51.1 Å². The summed E-state index contributed by atoms with van der Waals surface area (Å²) in [6.07, 6.45) is 1.72. The van der Waals surface area contributed by atoms with Gasteiger partial charge in [-0.15, -0.1) is 0 Å². The fraction of sp³-hybridized carbons (Fsp3) is 0.355. The van der Waals surface area contributed by atoms with Gasteiger partial charge in [-0.3, -0.25) is 13.9 Å². The predicted octanol–water partition coefficient (Wildman–Crippen LogP) is 4.54. The van der Waals surface area contributed by atoms with E-state index in [0.29, 0.717) is 12.3 Å². The molecule has 0 aromatic heterocycles. The predicted molar refractivity (Wildman–Crippen MR) is 160 cm³/mol. The number of carbonyl (C=O) groups excluding carboxylic acids is 2. The average Bonchev–Trinajstić information content (AvgIpc) is 2.98. The van der Waals surface area contributed by atoms with Gasteiger partial charge in [0.05, 0.1) is 24.8 Å². The number of amides is 2. The molecule has 41 heavy (non-hydrogen) atoms. The van der Waals surface area contributed by atoms with Gasteiger partial charge in [0.25, 0.3) is 10.0 Å². The Balaban J connectivity index is 2.08. The molecule has 220 valence electrons. The first-order valence-electron chi connectivity index (χ1n) is 13.5. The zero-order valence-corrected chi connectivity index (χ0v) is 25.1. The summed E-state index contributed by atoms with van der Waals surface area (Å²) in [5, 5.41) is 2.89. The van der Waals surface area contributed by atoms with E-state index in [4.69, 9.17) is 9.47 Å². The maximum absolute atomic E-state index is 14.1. The number of ether oxygens (including phenoxy) is 2. The van der Waals surface area contributed by atoms with Crippen LogP contribution in [0.2, 0.25) is 0 Å². The maximum atomic E-state index is 14.1. The highest BCUT2D eigenvalue weighted by Crippen LogP contribution is 2.36. The van der Waals surface area contributed by atoms with Gasteiger partial charge in [0.1, 0.15) is 24.1 Å². The van der Waals surface area contributed by atoms with Crippen LogP contribution in [0.25, 0.3) is 0 Å². The van der Waals surface area contributed by atoms with E-state index in [0.717, 1.165) is 28.3 Å². The molecule has 0 spiro atoms. The van der Waals surface area contributed by atoms with Gasteiger partial charge in [0, 0.05) is 19.2 Å². The number of rotatable bonds is 14. The molecule has 0 saturated carbocycles. The Labute approximate surface area is 243 Å². The second-order valence-corrected chi connectivity index (χ2v) is 11.6. The van der Waals surface area contributed by atoms with E-state index in [1.54, 1.807) is 37.3 Å². The molecule has 0 radical (unpaired) electrons. The quantitative estimate of drug-likeness (QED) is 0.280. The average molecular weight is 582 g/mol. The van der Waals surface area contributed by atoms with E-state index in [1.807, 2.05) is 38.1 Å². The van der Waals surface area contributed by atoms with E-state index in [9.17, 15) is 18.0 Å². The SMILES string of the molecule is CCCCNC(=O)[C@H](C)N(Cc1cccc(C)c1)C(=O)CN(c1cc(OC)ccc1OC)S(=O)(=O)c1ccccc1. The number of nitrogens with one attached hydrogen (secondary N) is 1. The number of benzene rings is 3. The van der Waals surface area contributed by atoms with Gasteiger partial charge in [0.15, 0.2) is 0 Å². The van der Waals surface area contributed by atoms with Crippen LogP contribution in [-0.4, -0.2) is 58.5 Å². The standard InChI is InChI=1S/C31H39N3O6S/c1-6-7-18-32-31(36)24(3)33(21-25-13-11-12-23(2)19-25)30(35)22-34(41(37,38)27-14-9-8-10-15-27)28-20-26(39-4)16-17-29(28)40-5/h8-17,19-20,24H,6-7,18,21-22H2,1-5H3,(H,32,36)/t24-/m0/s1. The van der Waals surface area contributed by atoms with Gasteiger partial charge in [-0.1, -0.05) is 61.4 Å². The monoisotopic (exact) mass is 581 g/mol. The van der Waals surface area contributed by atoms with E-state index in [1.165, 1.54) is 37.3 Å². The second kappa shape index (κ2) is 14.5. The normalized spacial score (nSPS) is 11.8. The van der Waals surface area contributed by atoms with Crippen molar-refractivity contribution in [1.29, 1.82) is 0 Å². The minimum atomic E-state index is -4.23. The first kappa shape index (κ1) is 31.5. The first-order chi connectivity index (χ1) is 19.6. The zero-order valence-electron chi connectivity index (χ0n) is 24.3. The molecular weight excluding hydrogens is 542 g/mol. The fourth-order valence-electron chi connectivity index (χ4n) is 4.35. The Kier molecular flexibility index (Phi) is 11.2. The summed E-state index contributed by atoms with van der Waals surface area (Å²) in [7, 11) is -1.34. The molecule has 3 rings (SSSR count). The molecule has 0 saturated heterocycles.